The van der Waals surface area contributed by atoms with E-state index in [-0.39, 0.29) is 46.3 Å². The van der Waals surface area contributed by atoms with Gasteiger partial charge in [0.05, 0.1) is 0 Å². The normalized spacial score (nSPS) is 11.1. The molecule has 0 spiro atoms. The quantitative estimate of drug-likeness (QED) is 0.0507. The summed E-state index contributed by atoms with van der Waals surface area (Å²) in [5.74, 6) is -3.37. The number of carboxylic acid groups (broad SMARTS) is 2. The Morgan fingerprint density at radius 1 is 0.528 bits per heavy atom. The second-order valence-electron chi connectivity index (χ2n) is 12.5. The average Bonchev–Trinajstić information content (AvgIpc) is 3.14. The van der Waals surface area contributed by atoms with Crippen molar-refractivity contribution >= 4 is 24.1 Å². The molecule has 9 nitrogen and oxygen atoms in total. The zero-order valence-corrected chi connectivity index (χ0v) is 28.4. The summed E-state index contributed by atoms with van der Waals surface area (Å²) in [6, 6.07) is 35.1. The smallest absolute Gasteiger partial charge is 0.340 e. The number of carboxylic acids is 2. The fraction of sp³-hybridized carbons (Fsp3) is 0.0909. The molecule has 53 heavy (non-hydrogen) atoms. The summed E-state index contributed by atoms with van der Waals surface area (Å²) in [5, 5.41) is 61.4. The first-order valence-corrected chi connectivity index (χ1v) is 16.8. The van der Waals surface area contributed by atoms with Crippen LogP contribution in [-0.4, -0.2) is 42.6 Å². The van der Waals surface area contributed by atoms with Crippen LogP contribution in [0.5, 0.6) is 34.5 Å². The van der Waals surface area contributed by atoms with Crippen LogP contribution in [0.4, 0.5) is 0 Å². The van der Waals surface area contributed by atoms with Gasteiger partial charge in [0.2, 0.25) is 5.75 Å². The molecule has 0 saturated heterocycles. The molecule has 6 aromatic rings. The van der Waals surface area contributed by atoms with Crippen LogP contribution in [0.2, 0.25) is 0 Å². The first kappa shape index (κ1) is 35.8. The van der Waals surface area contributed by atoms with Gasteiger partial charge in [-0.05, 0) is 113 Å². The molecule has 0 fully saturated rings. The van der Waals surface area contributed by atoms with Gasteiger partial charge in [0.25, 0.3) is 0 Å². The van der Waals surface area contributed by atoms with E-state index in [1.54, 1.807) is 60.7 Å². The van der Waals surface area contributed by atoms with Gasteiger partial charge in [-0.1, -0.05) is 91.0 Å². The van der Waals surface area contributed by atoms with Crippen molar-refractivity contribution in [2.45, 2.75) is 25.7 Å². The van der Waals surface area contributed by atoms with E-state index >= 15 is 0 Å². The van der Waals surface area contributed by atoms with Crippen LogP contribution < -0.4 is 4.74 Å². The molecule has 0 aliphatic heterocycles. The minimum atomic E-state index is -1.26. The van der Waals surface area contributed by atoms with E-state index in [0.717, 1.165) is 23.1 Å². The molecule has 0 aliphatic carbocycles. The molecule has 0 radical (unpaired) electrons. The van der Waals surface area contributed by atoms with E-state index in [1.807, 2.05) is 54.6 Å². The average molecular weight is 709 g/mol. The Hall–Kier alpha value is -7.00. The van der Waals surface area contributed by atoms with Gasteiger partial charge in [0.1, 0.15) is 28.4 Å². The zero-order chi connectivity index (χ0) is 37.5. The molecule has 0 aliphatic rings. The lowest BCUT2D eigenvalue weighted by atomic mass is 9.93. The molecule has 0 heterocycles. The second-order valence-corrected chi connectivity index (χ2v) is 12.5. The van der Waals surface area contributed by atoms with Crippen LogP contribution in [0.3, 0.4) is 0 Å². The van der Waals surface area contributed by atoms with E-state index in [0.29, 0.717) is 46.4 Å². The van der Waals surface area contributed by atoms with Crippen molar-refractivity contribution in [2.24, 2.45) is 0 Å². The predicted octanol–water partition coefficient (Wildman–Crippen LogP) is 9.11. The molecular weight excluding hydrogens is 672 g/mol. The van der Waals surface area contributed by atoms with E-state index in [9.17, 15) is 40.2 Å². The molecule has 6 rings (SSSR count). The predicted molar refractivity (Wildman–Crippen MR) is 202 cm³/mol. The third kappa shape index (κ3) is 8.66. The fourth-order valence-corrected chi connectivity index (χ4v) is 6.21. The minimum Gasteiger partial charge on any atom is -0.507 e. The molecule has 0 unspecified atom stereocenters. The fourth-order valence-electron chi connectivity index (χ4n) is 6.21. The lowest BCUT2D eigenvalue weighted by Crippen LogP contribution is -2.05. The lowest BCUT2D eigenvalue weighted by molar-refractivity contribution is 0.0681. The van der Waals surface area contributed by atoms with Gasteiger partial charge < -0.3 is 35.4 Å². The molecule has 0 bridgehead atoms. The highest BCUT2D eigenvalue weighted by Crippen LogP contribution is 2.40. The summed E-state index contributed by atoms with van der Waals surface area (Å²) in [6.45, 7) is 0. The van der Waals surface area contributed by atoms with E-state index in [1.165, 1.54) is 18.2 Å². The maximum Gasteiger partial charge on any atom is 0.340 e. The Kier molecular flexibility index (Phi) is 10.8. The Balaban J connectivity index is 1.21. The van der Waals surface area contributed by atoms with Crippen molar-refractivity contribution in [3.05, 3.63) is 166 Å². The molecule has 9 heteroatoms. The van der Waals surface area contributed by atoms with Crippen molar-refractivity contribution in [1.82, 2.24) is 0 Å². The highest BCUT2D eigenvalue weighted by Gasteiger charge is 2.19. The van der Waals surface area contributed by atoms with Crippen molar-refractivity contribution in [2.75, 3.05) is 0 Å². The van der Waals surface area contributed by atoms with Crippen LogP contribution in [-0.2, 0) is 25.7 Å². The number of ether oxygens (including phenoxy) is 1. The third-order valence-electron chi connectivity index (χ3n) is 8.85. The van der Waals surface area contributed by atoms with Crippen molar-refractivity contribution in [3.8, 4) is 45.6 Å². The number of aromatic hydroxyl groups is 4. The number of hydrogen-bond acceptors (Lipinski definition) is 7. The number of phenolic OH excluding ortho intramolecular Hbond substituents is 2. The van der Waals surface area contributed by atoms with E-state index in [4.69, 9.17) is 4.74 Å². The number of rotatable bonds is 13. The van der Waals surface area contributed by atoms with Gasteiger partial charge in [-0.15, -0.1) is 0 Å². The molecule has 6 aromatic carbocycles. The van der Waals surface area contributed by atoms with Crippen LogP contribution in [0, 0.1) is 0 Å². The standard InChI is InChI=1S/C44H36O9/c45-36-14-6-11-31(40(36)43(49)50)19-17-28-9-4-12-32(21-28)34-25-33(41(44(51)52)37(46)26-34)20-18-29-10-5-13-35(22-29)53-39-24-30(23-38(47)42(39)48)16-15-27-7-2-1-3-8-27/h1-14,17,19,21-26,45-48H,15-16,18,20H2,(H,49,50)(H,51,52)/b19-17+. The van der Waals surface area contributed by atoms with Crippen LogP contribution in [0.15, 0.2) is 121 Å². The number of aromatic carboxylic acids is 2. The molecule has 0 saturated carbocycles. The van der Waals surface area contributed by atoms with Crippen LogP contribution in [0.1, 0.15) is 54.1 Å². The molecule has 0 atom stereocenters. The maximum atomic E-state index is 12.3. The monoisotopic (exact) mass is 708 g/mol. The number of carbonyl (C=O) groups is 2. The van der Waals surface area contributed by atoms with Gasteiger partial charge in [-0.2, -0.15) is 0 Å². The highest BCUT2D eigenvalue weighted by atomic mass is 16.5. The summed E-state index contributed by atoms with van der Waals surface area (Å²) in [4.78, 5) is 23.9. The van der Waals surface area contributed by atoms with Crippen molar-refractivity contribution in [1.29, 1.82) is 0 Å². The minimum absolute atomic E-state index is 0.109. The summed E-state index contributed by atoms with van der Waals surface area (Å²) in [7, 11) is 0. The van der Waals surface area contributed by atoms with Gasteiger partial charge in [0, 0.05) is 0 Å². The van der Waals surface area contributed by atoms with Crippen LogP contribution in [0.25, 0.3) is 23.3 Å². The molecular formula is C44H36O9. The third-order valence-corrected chi connectivity index (χ3v) is 8.85. The summed E-state index contributed by atoms with van der Waals surface area (Å²) < 4.78 is 6.03. The molecule has 0 amide bonds. The Labute approximate surface area is 305 Å². The second kappa shape index (κ2) is 15.9. The Morgan fingerprint density at radius 3 is 2.00 bits per heavy atom. The molecule has 266 valence electrons. The van der Waals surface area contributed by atoms with E-state index < -0.39 is 11.9 Å². The maximum absolute atomic E-state index is 12.3. The molecule has 0 aromatic heterocycles. The number of benzene rings is 6. The summed E-state index contributed by atoms with van der Waals surface area (Å²) in [5.41, 5.74) is 5.07. The zero-order valence-electron chi connectivity index (χ0n) is 28.4. The Morgan fingerprint density at radius 2 is 1.23 bits per heavy atom. The van der Waals surface area contributed by atoms with E-state index in [2.05, 4.69) is 0 Å². The summed E-state index contributed by atoms with van der Waals surface area (Å²) in [6.07, 6.45) is 5.32. The number of phenols is 4. The lowest BCUT2D eigenvalue weighted by Gasteiger charge is -2.14. The first-order chi connectivity index (χ1) is 25.5. The van der Waals surface area contributed by atoms with Gasteiger partial charge in [0.15, 0.2) is 11.5 Å². The van der Waals surface area contributed by atoms with Gasteiger partial charge in [-0.3, -0.25) is 0 Å². The summed E-state index contributed by atoms with van der Waals surface area (Å²) >= 11 is 0. The highest BCUT2D eigenvalue weighted by molar-refractivity contribution is 5.96. The Bertz CT molecular complexity index is 2330. The van der Waals surface area contributed by atoms with Crippen LogP contribution >= 0.6 is 0 Å². The number of aryl methyl sites for hydroxylation is 4. The SMILES string of the molecule is O=C(O)c1c(O)cccc1/C=C/c1cccc(-c2cc(O)c(C(=O)O)c(CCc3cccc(Oc4cc(CCc5ccccc5)cc(O)c4O)c3)c2)c1. The van der Waals surface area contributed by atoms with Gasteiger partial charge >= 0.3 is 11.9 Å². The van der Waals surface area contributed by atoms with Crippen molar-refractivity contribution < 1.29 is 45.0 Å². The van der Waals surface area contributed by atoms with Crippen molar-refractivity contribution in [3.63, 3.8) is 0 Å². The topological polar surface area (TPSA) is 165 Å². The van der Waals surface area contributed by atoms with Gasteiger partial charge in [-0.25, -0.2) is 9.59 Å². The first-order valence-electron chi connectivity index (χ1n) is 16.8. The number of hydrogen-bond donors (Lipinski definition) is 6. The molecule has 6 N–H and O–H groups in total. The largest absolute Gasteiger partial charge is 0.507 e.